The molecule has 1 amide bonds. The van der Waals surface area contributed by atoms with Crippen molar-refractivity contribution in [1.82, 2.24) is 5.32 Å². The van der Waals surface area contributed by atoms with Crippen LogP contribution in [0.5, 0.6) is 0 Å². The second-order valence-electron chi connectivity index (χ2n) is 13.1. The first kappa shape index (κ1) is 42.1. The summed E-state index contributed by atoms with van der Waals surface area (Å²) in [5, 5.41) is 33.3. The van der Waals surface area contributed by atoms with Crippen LogP contribution in [0, 0.1) is 0 Å². The molecule has 5 heteroatoms. The van der Waals surface area contributed by atoms with Crippen LogP contribution in [0.2, 0.25) is 0 Å². The smallest absolute Gasteiger partial charge is 0.220 e. The Hall–Kier alpha value is -0.910. The Morgan fingerprint density at radius 2 is 0.930 bits per heavy atom. The molecule has 0 radical (unpaired) electrons. The molecule has 0 bridgehead atoms. The maximum atomic E-state index is 12.4. The van der Waals surface area contributed by atoms with Gasteiger partial charge in [0.25, 0.3) is 0 Å². The van der Waals surface area contributed by atoms with Gasteiger partial charge in [0.1, 0.15) is 6.10 Å². The maximum Gasteiger partial charge on any atom is 0.220 e. The summed E-state index contributed by atoms with van der Waals surface area (Å²) in [5.74, 6) is -0.150. The number of carbonyl (C=O) groups excluding carboxylic acids is 1. The molecule has 43 heavy (non-hydrogen) atoms. The minimum Gasteiger partial charge on any atom is -0.394 e. The van der Waals surface area contributed by atoms with Gasteiger partial charge in [-0.05, 0) is 38.5 Å². The van der Waals surface area contributed by atoms with E-state index in [1.54, 1.807) is 0 Å². The van der Waals surface area contributed by atoms with Crippen LogP contribution >= 0.6 is 0 Å². The molecule has 3 atom stereocenters. The van der Waals surface area contributed by atoms with Gasteiger partial charge >= 0.3 is 0 Å². The number of carbonyl (C=O) groups is 1. The summed E-state index contributed by atoms with van der Waals surface area (Å²) in [4.78, 5) is 12.4. The lowest BCUT2D eigenvalue weighted by molar-refractivity contribution is -0.124. The van der Waals surface area contributed by atoms with Crippen molar-refractivity contribution in [3.05, 3.63) is 12.2 Å². The molecular formula is C38H75NO4. The summed E-state index contributed by atoms with van der Waals surface area (Å²) in [6.45, 7) is 4.16. The van der Waals surface area contributed by atoms with Crippen molar-refractivity contribution < 1.29 is 20.1 Å². The van der Waals surface area contributed by atoms with Crippen molar-refractivity contribution in [1.29, 1.82) is 0 Å². The van der Waals surface area contributed by atoms with Crippen molar-refractivity contribution >= 4 is 5.91 Å². The lowest BCUT2D eigenvalue weighted by atomic mass is 9.99. The Morgan fingerprint density at radius 1 is 0.558 bits per heavy atom. The van der Waals surface area contributed by atoms with Gasteiger partial charge < -0.3 is 20.6 Å². The maximum absolute atomic E-state index is 12.4. The first-order valence-corrected chi connectivity index (χ1v) is 19.0. The molecule has 0 spiro atoms. The molecule has 256 valence electrons. The quantitative estimate of drug-likeness (QED) is 0.0432. The summed E-state index contributed by atoms with van der Waals surface area (Å²) in [7, 11) is 0. The second kappa shape index (κ2) is 34.0. The van der Waals surface area contributed by atoms with E-state index in [0.29, 0.717) is 12.8 Å². The Kier molecular flexibility index (Phi) is 33.3. The lowest BCUT2D eigenvalue weighted by Crippen LogP contribution is -2.50. The zero-order valence-electron chi connectivity index (χ0n) is 28.8. The van der Waals surface area contributed by atoms with Crippen LogP contribution in [0.15, 0.2) is 12.2 Å². The SMILES string of the molecule is CCCCCCCC/C=C\CCCCCCCCCC(=O)N[C@@H](CO)[C@H](O)[C@H](O)CCCCCCCCCCCCCC. The molecule has 5 nitrogen and oxygen atoms in total. The molecule has 0 fully saturated rings. The van der Waals surface area contributed by atoms with E-state index in [9.17, 15) is 20.1 Å². The fraction of sp³-hybridized carbons (Fsp3) is 0.921. The summed E-state index contributed by atoms with van der Waals surface area (Å²) in [6, 6.07) is -0.806. The Balaban J connectivity index is 3.67. The minimum absolute atomic E-state index is 0.150. The van der Waals surface area contributed by atoms with E-state index in [2.05, 4.69) is 31.3 Å². The first-order valence-electron chi connectivity index (χ1n) is 19.0. The monoisotopic (exact) mass is 610 g/mol. The van der Waals surface area contributed by atoms with Crippen LogP contribution in [0.25, 0.3) is 0 Å². The number of amides is 1. The first-order chi connectivity index (χ1) is 21.1. The van der Waals surface area contributed by atoms with E-state index in [-0.39, 0.29) is 12.5 Å². The average Bonchev–Trinajstić information content (AvgIpc) is 3.01. The molecule has 0 unspecified atom stereocenters. The molecule has 0 aliphatic rings. The largest absolute Gasteiger partial charge is 0.394 e. The highest BCUT2D eigenvalue weighted by Crippen LogP contribution is 2.15. The number of rotatable bonds is 34. The standard InChI is InChI=1S/C38H75NO4/c1-3-5-7-9-11-13-15-17-18-19-20-21-23-25-27-29-31-33-37(42)39-35(34-40)38(43)36(41)32-30-28-26-24-22-16-14-12-10-8-6-4-2/h17-18,35-36,38,40-41,43H,3-16,19-34H2,1-2H3,(H,39,42)/b18-17-/t35-,36+,38-/m0/s1. The third-order valence-electron chi connectivity index (χ3n) is 8.87. The topological polar surface area (TPSA) is 89.8 Å². The molecule has 0 saturated carbocycles. The van der Waals surface area contributed by atoms with Crippen LogP contribution in [0.3, 0.4) is 0 Å². The fourth-order valence-corrected chi connectivity index (χ4v) is 5.86. The molecule has 0 aliphatic carbocycles. The predicted molar refractivity (Wildman–Crippen MR) is 185 cm³/mol. The number of hydrogen-bond donors (Lipinski definition) is 4. The van der Waals surface area contributed by atoms with Crippen LogP contribution in [0.1, 0.15) is 200 Å². The van der Waals surface area contributed by atoms with Gasteiger partial charge in [-0.1, -0.05) is 167 Å². The van der Waals surface area contributed by atoms with Crippen molar-refractivity contribution in [2.24, 2.45) is 0 Å². The number of nitrogens with one attached hydrogen (secondary N) is 1. The molecular weight excluding hydrogens is 534 g/mol. The van der Waals surface area contributed by atoms with E-state index >= 15 is 0 Å². The number of unbranched alkanes of at least 4 members (excludes halogenated alkanes) is 24. The molecule has 0 heterocycles. The van der Waals surface area contributed by atoms with E-state index in [4.69, 9.17) is 0 Å². The van der Waals surface area contributed by atoms with Crippen molar-refractivity contribution in [3.8, 4) is 0 Å². The van der Waals surface area contributed by atoms with E-state index in [0.717, 1.165) is 38.5 Å². The van der Waals surface area contributed by atoms with Crippen LogP contribution < -0.4 is 5.32 Å². The van der Waals surface area contributed by atoms with Gasteiger partial charge in [0, 0.05) is 6.42 Å². The van der Waals surface area contributed by atoms with Crippen LogP contribution in [-0.4, -0.2) is 46.1 Å². The number of hydrogen-bond acceptors (Lipinski definition) is 4. The molecule has 0 rings (SSSR count). The predicted octanol–water partition coefficient (Wildman–Crippen LogP) is 10.1. The van der Waals surface area contributed by atoms with Gasteiger partial charge in [-0.3, -0.25) is 4.79 Å². The number of allylic oxidation sites excluding steroid dienone is 2. The van der Waals surface area contributed by atoms with Gasteiger partial charge in [-0.15, -0.1) is 0 Å². The van der Waals surface area contributed by atoms with Crippen molar-refractivity contribution in [2.75, 3.05) is 6.61 Å². The Morgan fingerprint density at radius 3 is 1.35 bits per heavy atom. The molecule has 4 N–H and O–H groups in total. The van der Waals surface area contributed by atoms with Gasteiger partial charge in [0.2, 0.25) is 5.91 Å². The Bertz CT molecular complexity index is 596. The van der Waals surface area contributed by atoms with Crippen molar-refractivity contribution in [3.63, 3.8) is 0 Å². The van der Waals surface area contributed by atoms with Gasteiger partial charge in [0.15, 0.2) is 0 Å². The number of aliphatic hydroxyl groups excluding tert-OH is 3. The Labute approximate surface area is 268 Å². The number of aliphatic hydroxyl groups is 3. The molecule has 0 aromatic carbocycles. The van der Waals surface area contributed by atoms with Gasteiger partial charge in [-0.2, -0.15) is 0 Å². The molecule has 0 saturated heterocycles. The average molecular weight is 610 g/mol. The van der Waals surface area contributed by atoms with Gasteiger partial charge in [0.05, 0.1) is 18.8 Å². The highest BCUT2D eigenvalue weighted by molar-refractivity contribution is 5.76. The minimum atomic E-state index is -1.13. The molecule has 0 aromatic heterocycles. The molecule has 0 aliphatic heterocycles. The van der Waals surface area contributed by atoms with E-state index in [1.165, 1.54) is 135 Å². The van der Waals surface area contributed by atoms with Gasteiger partial charge in [-0.25, -0.2) is 0 Å². The van der Waals surface area contributed by atoms with E-state index in [1.807, 2.05) is 0 Å². The second-order valence-corrected chi connectivity index (χ2v) is 13.1. The van der Waals surface area contributed by atoms with Crippen LogP contribution in [-0.2, 0) is 4.79 Å². The third kappa shape index (κ3) is 29.6. The molecule has 0 aromatic rings. The fourth-order valence-electron chi connectivity index (χ4n) is 5.86. The highest BCUT2D eigenvalue weighted by Gasteiger charge is 2.26. The summed E-state index contributed by atoms with van der Waals surface area (Å²) < 4.78 is 0. The van der Waals surface area contributed by atoms with Crippen LogP contribution in [0.4, 0.5) is 0 Å². The summed E-state index contributed by atoms with van der Waals surface area (Å²) >= 11 is 0. The normalized spacial score (nSPS) is 13.9. The third-order valence-corrected chi connectivity index (χ3v) is 8.87. The lowest BCUT2D eigenvalue weighted by Gasteiger charge is -2.26. The van der Waals surface area contributed by atoms with Crippen molar-refractivity contribution in [2.45, 2.75) is 218 Å². The zero-order chi connectivity index (χ0) is 31.6. The van der Waals surface area contributed by atoms with E-state index < -0.39 is 18.2 Å². The highest BCUT2D eigenvalue weighted by atomic mass is 16.3. The summed E-state index contributed by atoms with van der Waals surface area (Å²) in [6.07, 6.45) is 37.3. The summed E-state index contributed by atoms with van der Waals surface area (Å²) in [5.41, 5.74) is 0. The zero-order valence-corrected chi connectivity index (χ0v) is 28.8.